The molecule has 2 aliphatic heterocycles. The van der Waals surface area contributed by atoms with Crippen molar-refractivity contribution in [1.82, 2.24) is 20.1 Å². The van der Waals surface area contributed by atoms with E-state index in [4.69, 9.17) is 4.74 Å². The lowest BCUT2D eigenvalue weighted by molar-refractivity contribution is -0.138. The number of nitrogens with one attached hydrogen (secondary N) is 1. The van der Waals surface area contributed by atoms with Gasteiger partial charge in [-0.2, -0.15) is 18.3 Å². The number of carbonyl (C=O) groups excluding carboxylic acids is 1. The van der Waals surface area contributed by atoms with Gasteiger partial charge < -0.3 is 19.4 Å². The van der Waals surface area contributed by atoms with Crippen LogP contribution in [0.25, 0.3) is 0 Å². The second-order valence-electron chi connectivity index (χ2n) is 8.02. The summed E-state index contributed by atoms with van der Waals surface area (Å²) in [6.07, 6.45) is -0.795. The Morgan fingerprint density at radius 1 is 1.18 bits per heavy atom. The fourth-order valence-electron chi connectivity index (χ4n) is 4.31. The second kappa shape index (κ2) is 9.77. The summed E-state index contributed by atoms with van der Waals surface area (Å²) in [5, 5.41) is 5.40. The molecule has 0 aromatic carbocycles. The van der Waals surface area contributed by atoms with Gasteiger partial charge in [-0.3, -0.25) is 9.59 Å². The first-order valence-electron chi connectivity index (χ1n) is 10.8. The summed E-state index contributed by atoms with van der Waals surface area (Å²) in [7, 11) is 0. The number of rotatable bonds is 6. The highest BCUT2D eigenvalue weighted by Gasteiger charge is 2.40. The molecule has 1 N–H and O–H groups in total. The Morgan fingerprint density at radius 3 is 2.67 bits per heavy atom. The molecular formula is C21H25F3N6O3. The molecule has 0 bridgehead atoms. The molecule has 2 aromatic rings. The van der Waals surface area contributed by atoms with Gasteiger partial charge in [0.15, 0.2) is 0 Å². The summed E-state index contributed by atoms with van der Waals surface area (Å²) in [6.45, 7) is 2.70. The average Bonchev–Trinajstić information content (AvgIpc) is 3.27. The normalized spacial score (nSPS) is 19.2. The largest absolute Gasteiger partial charge is 0.423 e. The van der Waals surface area contributed by atoms with E-state index in [1.165, 1.54) is 4.90 Å². The number of anilines is 2. The Labute approximate surface area is 188 Å². The highest BCUT2D eigenvalue weighted by molar-refractivity contribution is 5.77. The van der Waals surface area contributed by atoms with E-state index in [9.17, 15) is 22.8 Å². The molecule has 0 spiro atoms. The van der Waals surface area contributed by atoms with E-state index in [1.807, 2.05) is 23.3 Å². The molecule has 12 heteroatoms. The van der Waals surface area contributed by atoms with Crippen molar-refractivity contribution < 1.29 is 22.7 Å². The Hall–Kier alpha value is -3.15. The molecule has 4 rings (SSSR count). The van der Waals surface area contributed by atoms with Gasteiger partial charge in [0.2, 0.25) is 5.91 Å². The number of aromatic amines is 1. The summed E-state index contributed by atoms with van der Waals surface area (Å²) in [5.74, 6) is 0.712. The van der Waals surface area contributed by atoms with E-state index in [0.29, 0.717) is 45.6 Å². The summed E-state index contributed by atoms with van der Waals surface area (Å²) >= 11 is 0. The van der Waals surface area contributed by atoms with Crippen molar-refractivity contribution in [3.05, 3.63) is 46.5 Å². The Bertz CT molecular complexity index is 1010. The van der Waals surface area contributed by atoms with E-state index in [2.05, 4.69) is 15.0 Å². The Kier molecular flexibility index (Phi) is 6.82. The van der Waals surface area contributed by atoms with Gasteiger partial charge in [-0.25, -0.2) is 10.1 Å². The van der Waals surface area contributed by atoms with Crippen LogP contribution in [0.4, 0.5) is 24.7 Å². The Morgan fingerprint density at radius 2 is 1.97 bits per heavy atom. The molecule has 0 aliphatic carbocycles. The fourth-order valence-corrected chi connectivity index (χ4v) is 4.31. The SMILES string of the molecule is O=C(COCC1CCCN1c1cn[nH]c(=O)c1C(F)(F)F)N1CCN(c2ccccn2)CC1. The van der Waals surface area contributed by atoms with E-state index in [-0.39, 0.29) is 30.9 Å². The molecule has 4 heterocycles. The van der Waals surface area contributed by atoms with Gasteiger partial charge in [0.05, 0.1) is 24.5 Å². The molecule has 1 unspecified atom stereocenters. The maximum Gasteiger partial charge on any atom is 0.423 e. The van der Waals surface area contributed by atoms with Crippen molar-refractivity contribution >= 4 is 17.4 Å². The molecule has 178 valence electrons. The van der Waals surface area contributed by atoms with E-state index >= 15 is 0 Å². The van der Waals surface area contributed by atoms with Gasteiger partial charge in [-0.05, 0) is 25.0 Å². The molecule has 1 atom stereocenters. The number of hydrogen-bond donors (Lipinski definition) is 1. The van der Waals surface area contributed by atoms with Crippen LogP contribution in [0.2, 0.25) is 0 Å². The summed E-state index contributed by atoms with van der Waals surface area (Å²) in [6, 6.07) is 5.32. The Balaban J connectivity index is 1.30. The second-order valence-corrected chi connectivity index (χ2v) is 8.02. The molecule has 2 saturated heterocycles. The monoisotopic (exact) mass is 466 g/mol. The maximum absolute atomic E-state index is 13.4. The minimum Gasteiger partial charge on any atom is -0.369 e. The van der Waals surface area contributed by atoms with Crippen LogP contribution in [0.3, 0.4) is 0 Å². The smallest absolute Gasteiger partial charge is 0.369 e. The van der Waals surface area contributed by atoms with Crippen molar-refractivity contribution in [3.8, 4) is 0 Å². The zero-order valence-corrected chi connectivity index (χ0v) is 17.9. The molecule has 0 radical (unpaired) electrons. The van der Waals surface area contributed by atoms with Gasteiger partial charge in [0, 0.05) is 38.9 Å². The third kappa shape index (κ3) is 5.27. The molecule has 0 saturated carbocycles. The van der Waals surface area contributed by atoms with Crippen molar-refractivity contribution in [2.45, 2.75) is 25.1 Å². The molecule has 1 amide bonds. The quantitative estimate of drug-likeness (QED) is 0.690. The number of ether oxygens (including phenoxy) is 1. The number of nitrogens with zero attached hydrogens (tertiary/aromatic N) is 5. The minimum absolute atomic E-state index is 0.0870. The lowest BCUT2D eigenvalue weighted by Crippen LogP contribution is -2.50. The van der Waals surface area contributed by atoms with Gasteiger partial charge in [0.1, 0.15) is 18.0 Å². The number of amides is 1. The topological polar surface area (TPSA) is 94.7 Å². The number of pyridine rings is 1. The van der Waals surface area contributed by atoms with Gasteiger partial charge in [0.25, 0.3) is 5.56 Å². The van der Waals surface area contributed by atoms with Gasteiger partial charge >= 0.3 is 6.18 Å². The van der Waals surface area contributed by atoms with Crippen LogP contribution in [0, 0.1) is 0 Å². The lowest BCUT2D eigenvalue weighted by Gasteiger charge is -2.35. The van der Waals surface area contributed by atoms with Crippen LogP contribution < -0.4 is 15.4 Å². The van der Waals surface area contributed by atoms with Crippen LogP contribution in [0.1, 0.15) is 18.4 Å². The first kappa shape index (κ1) is 23.0. The zero-order chi connectivity index (χ0) is 23.4. The van der Waals surface area contributed by atoms with Crippen LogP contribution in [-0.4, -0.2) is 78.0 Å². The summed E-state index contributed by atoms with van der Waals surface area (Å²) < 4.78 is 45.9. The highest BCUT2D eigenvalue weighted by atomic mass is 19.4. The number of carbonyl (C=O) groups is 1. The molecular weight excluding hydrogens is 441 g/mol. The number of halogens is 3. The molecule has 33 heavy (non-hydrogen) atoms. The molecule has 2 aromatic heterocycles. The zero-order valence-electron chi connectivity index (χ0n) is 17.9. The van der Waals surface area contributed by atoms with Gasteiger partial charge in [-0.15, -0.1) is 0 Å². The predicted octanol–water partition coefficient (Wildman–Crippen LogP) is 1.52. The third-order valence-electron chi connectivity index (χ3n) is 5.95. The molecule has 9 nitrogen and oxygen atoms in total. The summed E-state index contributed by atoms with van der Waals surface area (Å²) in [4.78, 5) is 34.0. The molecule has 2 fully saturated rings. The fraction of sp³-hybridized carbons (Fsp3) is 0.524. The summed E-state index contributed by atoms with van der Waals surface area (Å²) in [5.41, 5.74) is -2.79. The van der Waals surface area contributed by atoms with Gasteiger partial charge in [-0.1, -0.05) is 6.07 Å². The standard InChI is InChI=1S/C21H25F3N6O3/c22-21(23,24)19-16(12-26-27-20(19)32)30-7-3-4-15(30)13-33-14-18(31)29-10-8-28(9-11-29)17-5-1-2-6-25-17/h1-2,5-6,12,15H,3-4,7-11,13-14H2,(H,27,32). The highest BCUT2D eigenvalue weighted by Crippen LogP contribution is 2.36. The van der Waals surface area contributed by atoms with Crippen molar-refractivity contribution in [3.63, 3.8) is 0 Å². The average molecular weight is 466 g/mol. The number of H-pyrrole nitrogens is 1. The number of aromatic nitrogens is 3. The van der Waals surface area contributed by atoms with E-state index < -0.39 is 17.3 Å². The number of alkyl halides is 3. The minimum atomic E-state index is -4.80. The maximum atomic E-state index is 13.4. The van der Waals surface area contributed by atoms with Crippen LogP contribution >= 0.6 is 0 Å². The van der Waals surface area contributed by atoms with Crippen molar-refractivity contribution in [1.29, 1.82) is 0 Å². The molecule has 2 aliphatic rings. The van der Waals surface area contributed by atoms with Crippen molar-refractivity contribution in [2.24, 2.45) is 0 Å². The lowest BCUT2D eigenvalue weighted by atomic mass is 10.2. The third-order valence-corrected chi connectivity index (χ3v) is 5.95. The predicted molar refractivity (Wildman–Crippen MR) is 114 cm³/mol. The van der Waals surface area contributed by atoms with Crippen molar-refractivity contribution in [2.75, 3.05) is 55.7 Å². The number of hydrogen-bond acceptors (Lipinski definition) is 7. The van der Waals surface area contributed by atoms with Crippen LogP contribution in [0.15, 0.2) is 35.4 Å². The van der Waals surface area contributed by atoms with E-state index in [0.717, 1.165) is 12.0 Å². The number of piperazine rings is 1. The first-order chi connectivity index (χ1) is 15.8. The van der Waals surface area contributed by atoms with E-state index in [1.54, 1.807) is 11.1 Å². The van der Waals surface area contributed by atoms with Crippen LogP contribution in [0.5, 0.6) is 0 Å². The first-order valence-corrected chi connectivity index (χ1v) is 10.8. The van der Waals surface area contributed by atoms with Crippen LogP contribution in [-0.2, 0) is 15.7 Å².